The Bertz CT molecular complexity index is 423. The van der Waals surface area contributed by atoms with Gasteiger partial charge in [0.25, 0.3) is 0 Å². The minimum atomic E-state index is -0.846. The molecule has 0 bridgehead atoms. The van der Waals surface area contributed by atoms with Crippen LogP contribution in [0.2, 0.25) is 0 Å². The highest BCUT2D eigenvalue weighted by atomic mass is 16.5. The van der Waals surface area contributed by atoms with Crippen LogP contribution in [0.25, 0.3) is 6.08 Å². The Morgan fingerprint density at radius 1 is 1.29 bits per heavy atom. The van der Waals surface area contributed by atoms with Crippen molar-refractivity contribution in [1.82, 2.24) is 0 Å². The molecule has 0 aliphatic carbocycles. The first-order valence-electron chi connectivity index (χ1n) is 5.21. The highest BCUT2D eigenvalue weighted by Crippen LogP contribution is 2.28. The van der Waals surface area contributed by atoms with Crippen LogP contribution in [0.5, 0.6) is 11.5 Å². The average molecular weight is 236 g/mol. The third kappa shape index (κ3) is 3.52. The zero-order valence-electron chi connectivity index (χ0n) is 10.1. The molecule has 0 spiro atoms. The molecule has 1 atom stereocenters. The van der Waals surface area contributed by atoms with Gasteiger partial charge < -0.3 is 14.6 Å². The number of carbonyl (C=O) groups is 1. The van der Waals surface area contributed by atoms with Gasteiger partial charge in [-0.3, -0.25) is 4.79 Å². The fourth-order valence-electron chi connectivity index (χ4n) is 1.29. The lowest BCUT2D eigenvalue weighted by Gasteiger charge is -2.07. The number of benzene rings is 1. The first-order chi connectivity index (χ1) is 8.08. The summed E-state index contributed by atoms with van der Waals surface area (Å²) < 4.78 is 10.3. The number of carboxylic acid groups (broad SMARTS) is 1. The normalized spacial score (nSPS) is 12.4. The molecule has 0 saturated heterocycles. The molecule has 1 rings (SSSR count). The first kappa shape index (κ1) is 13.1. The lowest BCUT2D eigenvalue weighted by Crippen LogP contribution is -2.05. The van der Waals surface area contributed by atoms with Gasteiger partial charge in [-0.2, -0.15) is 0 Å². The van der Waals surface area contributed by atoms with Crippen molar-refractivity contribution in [3.05, 3.63) is 29.8 Å². The number of carboxylic acids is 1. The predicted molar refractivity (Wildman–Crippen MR) is 65.4 cm³/mol. The summed E-state index contributed by atoms with van der Waals surface area (Å²) in [7, 11) is 3.13. The van der Waals surface area contributed by atoms with Crippen LogP contribution in [-0.4, -0.2) is 25.3 Å². The van der Waals surface area contributed by atoms with Gasteiger partial charge in [0.15, 0.2) is 11.5 Å². The van der Waals surface area contributed by atoms with Gasteiger partial charge in [0.2, 0.25) is 0 Å². The van der Waals surface area contributed by atoms with Crippen LogP contribution < -0.4 is 9.47 Å². The number of ether oxygens (including phenoxy) is 2. The Morgan fingerprint density at radius 3 is 2.47 bits per heavy atom. The van der Waals surface area contributed by atoms with Crippen molar-refractivity contribution < 1.29 is 19.4 Å². The van der Waals surface area contributed by atoms with E-state index in [0.717, 1.165) is 5.56 Å². The zero-order chi connectivity index (χ0) is 12.8. The minimum absolute atomic E-state index is 0.511. The molecule has 92 valence electrons. The van der Waals surface area contributed by atoms with E-state index < -0.39 is 11.9 Å². The largest absolute Gasteiger partial charge is 0.493 e. The van der Waals surface area contributed by atoms with Crippen molar-refractivity contribution in [2.24, 2.45) is 5.92 Å². The van der Waals surface area contributed by atoms with Crippen LogP contribution in [0.1, 0.15) is 12.5 Å². The topological polar surface area (TPSA) is 55.8 Å². The highest BCUT2D eigenvalue weighted by molar-refractivity contribution is 5.73. The summed E-state index contributed by atoms with van der Waals surface area (Å²) in [4.78, 5) is 10.6. The molecule has 0 fully saturated rings. The van der Waals surface area contributed by atoms with Crippen molar-refractivity contribution in [3.8, 4) is 11.5 Å². The Hall–Kier alpha value is -1.97. The van der Waals surface area contributed by atoms with E-state index in [1.165, 1.54) is 0 Å². The van der Waals surface area contributed by atoms with Crippen molar-refractivity contribution in [1.29, 1.82) is 0 Å². The Morgan fingerprint density at radius 2 is 1.94 bits per heavy atom. The third-order valence-electron chi connectivity index (χ3n) is 2.37. The molecule has 17 heavy (non-hydrogen) atoms. The fourth-order valence-corrected chi connectivity index (χ4v) is 1.29. The molecule has 1 aromatic carbocycles. The molecule has 4 heteroatoms. The van der Waals surface area contributed by atoms with E-state index in [0.29, 0.717) is 11.5 Å². The SMILES string of the molecule is COc1ccc(/C=C/C(C)C(=O)O)cc1OC. The molecule has 1 N–H and O–H groups in total. The molecule has 4 nitrogen and oxygen atoms in total. The van der Waals surface area contributed by atoms with Crippen molar-refractivity contribution in [2.45, 2.75) is 6.92 Å². The summed E-state index contributed by atoms with van der Waals surface area (Å²) in [6.07, 6.45) is 3.38. The van der Waals surface area contributed by atoms with Crippen LogP contribution >= 0.6 is 0 Å². The Labute approximate surface area is 100 Å². The van der Waals surface area contributed by atoms with E-state index in [1.807, 2.05) is 6.07 Å². The second-order valence-corrected chi connectivity index (χ2v) is 3.60. The molecule has 0 aromatic heterocycles. The summed E-state index contributed by atoms with van der Waals surface area (Å²) >= 11 is 0. The molecular formula is C13H16O4. The minimum Gasteiger partial charge on any atom is -0.493 e. The van der Waals surface area contributed by atoms with Gasteiger partial charge in [0.1, 0.15) is 0 Å². The van der Waals surface area contributed by atoms with Gasteiger partial charge in [0.05, 0.1) is 20.1 Å². The number of methoxy groups -OCH3 is 2. The summed E-state index contributed by atoms with van der Waals surface area (Å²) in [6, 6.07) is 5.42. The number of aliphatic carboxylic acids is 1. The van der Waals surface area contributed by atoms with Gasteiger partial charge in [-0.25, -0.2) is 0 Å². The molecule has 0 aliphatic rings. The van der Waals surface area contributed by atoms with Crippen molar-refractivity contribution in [2.75, 3.05) is 14.2 Å². The quantitative estimate of drug-likeness (QED) is 0.853. The van der Waals surface area contributed by atoms with E-state index in [1.54, 1.807) is 45.4 Å². The van der Waals surface area contributed by atoms with Gasteiger partial charge >= 0.3 is 5.97 Å². The average Bonchev–Trinajstić information content (AvgIpc) is 2.35. The van der Waals surface area contributed by atoms with Crippen LogP contribution in [0.15, 0.2) is 24.3 Å². The van der Waals surface area contributed by atoms with E-state index in [4.69, 9.17) is 14.6 Å². The Balaban J connectivity index is 2.89. The summed E-state index contributed by atoms with van der Waals surface area (Å²) in [5.74, 6) is -0.0848. The first-order valence-corrected chi connectivity index (χ1v) is 5.21. The second kappa shape index (κ2) is 5.94. The maximum Gasteiger partial charge on any atom is 0.310 e. The molecule has 0 amide bonds. The zero-order valence-corrected chi connectivity index (χ0v) is 10.1. The van der Waals surface area contributed by atoms with Crippen LogP contribution in [0, 0.1) is 5.92 Å². The molecule has 0 saturated carbocycles. The maximum absolute atomic E-state index is 10.6. The summed E-state index contributed by atoms with van der Waals surface area (Å²) in [6.45, 7) is 1.62. The van der Waals surface area contributed by atoms with Crippen LogP contribution in [-0.2, 0) is 4.79 Å². The molecule has 0 aliphatic heterocycles. The molecule has 1 unspecified atom stereocenters. The number of hydrogen-bond acceptors (Lipinski definition) is 3. The number of rotatable bonds is 5. The van der Waals surface area contributed by atoms with Gasteiger partial charge in [-0.05, 0) is 24.6 Å². The Kier molecular flexibility index (Phi) is 4.57. The molecule has 0 heterocycles. The second-order valence-electron chi connectivity index (χ2n) is 3.60. The van der Waals surface area contributed by atoms with Crippen molar-refractivity contribution >= 4 is 12.0 Å². The smallest absolute Gasteiger partial charge is 0.310 e. The van der Waals surface area contributed by atoms with Gasteiger partial charge in [-0.1, -0.05) is 18.2 Å². The summed E-state index contributed by atoms with van der Waals surface area (Å²) in [5, 5.41) is 8.75. The van der Waals surface area contributed by atoms with E-state index >= 15 is 0 Å². The highest BCUT2D eigenvalue weighted by Gasteiger charge is 2.06. The van der Waals surface area contributed by atoms with Crippen LogP contribution in [0.3, 0.4) is 0 Å². The lowest BCUT2D eigenvalue weighted by molar-refractivity contribution is -0.139. The van der Waals surface area contributed by atoms with Crippen LogP contribution in [0.4, 0.5) is 0 Å². The van der Waals surface area contributed by atoms with Crippen molar-refractivity contribution in [3.63, 3.8) is 0 Å². The van der Waals surface area contributed by atoms with E-state index in [9.17, 15) is 4.79 Å². The monoisotopic (exact) mass is 236 g/mol. The van der Waals surface area contributed by atoms with E-state index in [2.05, 4.69) is 0 Å². The molecule has 1 aromatic rings. The predicted octanol–water partition coefficient (Wildman–Crippen LogP) is 2.44. The number of hydrogen-bond donors (Lipinski definition) is 1. The third-order valence-corrected chi connectivity index (χ3v) is 2.37. The van der Waals surface area contributed by atoms with E-state index in [-0.39, 0.29) is 0 Å². The van der Waals surface area contributed by atoms with Gasteiger partial charge in [0, 0.05) is 0 Å². The summed E-state index contributed by atoms with van der Waals surface area (Å²) in [5.41, 5.74) is 0.871. The fraction of sp³-hybridized carbons (Fsp3) is 0.308. The molecule has 0 radical (unpaired) electrons. The van der Waals surface area contributed by atoms with Gasteiger partial charge in [-0.15, -0.1) is 0 Å². The maximum atomic E-state index is 10.6. The lowest BCUT2D eigenvalue weighted by atomic mass is 10.1. The standard InChI is InChI=1S/C13H16O4/c1-9(13(14)15)4-5-10-6-7-11(16-2)12(8-10)17-3/h4-9H,1-3H3,(H,14,15)/b5-4+. The molecular weight excluding hydrogens is 220 g/mol.